The molecule has 4 heterocycles. The quantitative estimate of drug-likeness (QED) is 0.724. The van der Waals surface area contributed by atoms with Crippen LogP contribution >= 0.6 is 11.6 Å². The number of aliphatic hydroxyl groups is 1. The summed E-state index contributed by atoms with van der Waals surface area (Å²) in [7, 11) is 0. The minimum atomic E-state index is -0.213. The van der Waals surface area contributed by atoms with Gasteiger partial charge in [-0.1, -0.05) is 32.4 Å². The van der Waals surface area contributed by atoms with E-state index in [-0.39, 0.29) is 18.1 Å². The van der Waals surface area contributed by atoms with Crippen molar-refractivity contribution in [1.82, 2.24) is 24.5 Å². The van der Waals surface area contributed by atoms with E-state index < -0.39 is 0 Å². The zero-order valence-corrected chi connectivity index (χ0v) is 17.2. The Morgan fingerprint density at radius 2 is 2.07 bits per heavy atom. The SMILES string of the molecule is CC(C)(C)c1nc(N2CCC[C@@H]2CO)c2ncn(Cc3ncccc3Cl)c2n1. The number of halogens is 1. The van der Waals surface area contributed by atoms with Crippen LogP contribution in [0.1, 0.15) is 45.1 Å². The molecule has 0 aliphatic carbocycles. The molecule has 8 heteroatoms. The molecule has 28 heavy (non-hydrogen) atoms. The smallest absolute Gasteiger partial charge is 0.166 e. The Hall–Kier alpha value is -2.25. The highest BCUT2D eigenvalue weighted by molar-refractivity contribution is 6.31. The topological polar surface area (TPSA) is 80.0 Å². The van der Waals surface area contributed by atoms with Crippen LogP contribution in [0.25, 0.3) is 11.2 Å². The van der Waals surface area contributed by atoms with Gasteiger partial charge in [-0.3, -0.25) is 4.98 Å². The van der Waals surface area contributed by atoms with Crippen molar-refractivity contribution in [3.63, 3.8) is 0 Å². The van der Waals surface area contributed by atoms with Crippen molar-refractivity contribution in [2.24, 2.45) is 0 Å². The van der Waals surface area contributed by atoms with Gasteiger partial charge >= 0.3 is 0 Å². The Bertz CT molecular complexity index is 996. The second-order valence-corrected chi connectivity index (χ2v) is 8.68. The Balaban J connectivity index is 1.86. The molecule has 1 saturated heterocycles. The molecule has 0 unspecified atom stereocenters. The van der Waals surface area contributed by atoms with Crippen molar-refractivity contribution < 1.29 is 5.11 Å². The standard InChI is InChI=1S/C20H25ClN6O/c1-20(2,3)19-24-17-16(18(25-19)27-9-5-6-13(27)11-28)23-12-26(17)10-15-14(21)7-4-8-22-15/h4,7-8,12-13,28H,5-6,9-11H2,1-3H3/t13-/m1/s1. The third kappa shape index (κ3) is 3.44. The first-order valence-electron chi connectivity index (χ1n) is 9.58. The van der Waals surface area contributed by atoms with Gasteiger partial charge in [0.25, 0.3) is 0 Å². The summed E-state index contributed by atoms with van der Waals surface area (Å²) in [5.74, 6) is 1.56. The summed E-state index contributed by atoms with van der Waals surface area (Å²) < 4.78 is 1.97. The van der Waals surface area contributed by atoms with Gasteiger partial charge in [0.05, 0.1) is 36.2 Å². The molecule has 0 spiro atoms. The van der Waals surface area contributed by atoms with Crippen molar-refractivity contribution in [1.29, 1.82) is 0 Å². The highest BCUT2D eigenvalue weighted by Crippen LogP contribution is 2.32. The molecule has 1 fully saturated rings. The zero-order chi connectivity index (χ0) is 19.9. The Morgan fingerprint density at radius 1 is 1.25 bits per heavy atom. The first-order chi connectivity index (χ1) is 13.4. The molecule has 0 radical (unpaired) electrons. The van der Waals surface area contributed by atoms with Crippen LogP contribution in [0.5, 0.6) is 0 Å². The van der Waals surface area contributed by atoms with E-state index in [0.717, 1.165) is 47.9 Å². The van der Waals surface area contributed by atoms with Gasteiger partial charge in [0.15, 0.2) is 17.0 Å². The third-order valence-electron chi connectivity index (χ3n) is 5.13. The van der Waals surface area contributed by atoms with E-state index in [1.165, 1.54) is 0 Å². The Kier molecular flexibility index (Phi) is 4.97. The van der Waals surface area contributed by atoms with Crippen molar-refractivity contribution in [3.8, 4) is 0 Å². The maximum absolute atomic E-state index is 9.80. The summed E-state index contributed by atoms with van der Waals surface area (Å²) in [5.41, 5.74) is 2.07. The highest BCUT2D eigenvalue weighted by Gasteiger charge is 2.30. The fourth-order valence-corrected chi connectivity index (χ4v) is 3.76. The van der Waals surface area contributed by atoms with Crippen LogP contribution in [0.2, 0.25) is 5.02 Å². The summed E-state index contributed by atoms with van der Waals surface area (Å²) >= 11 is 6.30. The molecule has 0 saturated carbocycles. The van der Waals surface area contributed by atoms with E-state index in [1.807, 2.05) is 16.7 Å². The van der Waals surface area contributed by atoms with Crippen LogP contribution in [0.4, 0.5) is 5.82 Å². The van der Waals surface area contributed by atoms with Crippen LogP contribution < -0.4 is 4.90 Å². The first-order valence-corrected chi connectivity index (χ1v) is 9.96. The minimum Gasteiger partial charge on any atom is -0.394 e. The van der Waals surface area contributed by atoms with E-state index in [4.69, 9.17) is 21.6 Å². The molecule has 0 bridgehead atoms. The number of fused-ring (bicyclic) bond motifs is 1. The third-order valence-corrected chi connectivity index (χ3v) is 5.48. The van der Waals surface area contributed by atoms with E-state index in [9.17, 15) is 5.11 Å². The average Bonchev–Trinajstić information content (AvgIpc) is 3.29. The lowest BCUT2D eigenvalue weighted by Crippen LogP contribution is -2.34. The van der Waals surface area contributed by atoms with Crippen LogP contribution in [-0.4, -0.2) is 48.8 Å². The van der Waals surface area contributed by atoms with Crippen molar-refractivity contribution in [2.45, 2.75) is 51.6 Å². The van der Waals surface area contributed by atoms with Crippen molar-refractivity contribution in [3.05, 3.63) is 41.2 Å². The first kappa shape index (κ1) is 19.1. The molecular weight excluding hydrogens is 376 g/mol. The van der Waals surface area contributed by atoms with Gasteiger partial charge in [0.1, 0.15) is 5.82 Å². The molecule has 0 aromatic carbocycles. The molecule has 4 rings (SSSR count). The summed E-state index contributed by atoms with van der Waals surface area (Å²) in [6.07, 6.45) is 5.49. The highest BCUT2D eigenvalue weighted by atomic mass is 35.5. The fraction of sp³-hybridized carbons (Fsp3) is 0.500. The molecule has 3 aromatic rings. The molecule has 1 N–H and O–H groups in total. The van der Waals surface area contributed by atoms with Crippen LogP contribution in [0.15, 0.2) is 24.7 Å². The lowest BCUT2D eigenvalue weighted by atomic mass is 9.95. The lowest BCUT2D eigenvalue weighted by molar-refractivity contribution is 0.266. The molecule has 148 valence electrons. The molecule has 1 aliphatic heterocycles. The lowest BCUT2D eigenvalue weighted by Gasteiger charge is -2.26. The monoisotopic (exact) mass is 400 g/mol. The number of hydrogen-bond acceptors (Lipinski definition) is 6. The summed E-state index contributed by atoms with van der Waals surface area (Å²) in [5, 5.41) is 10.4. The number of aromatic nitrogens is 5. The minimum absolute atomic E-state index is 0.0707. The molecule has 3 aromatic heterocycles. The predicted octanol–water partition coefficient (Wildman–Crippen LogP) is 3.18. The van der Waals surface area contributed by atoms with Crippen molar-refractivity contribution >= 4 is 28.6 Å². The summed E-state index contributed by atoms with van der Waals surface area (Å²) in [4.78, 5) is 20.9. The van der Waals surface area contributed by atoms with Crippen LogP contribution in [0, 0.1) is 0 Å². The second kappa shape index (κ2) is 7.29. The maximum Gasteiger partial charge on any atom is 0.166 e. The van der Waals surface area contributed by atoms with Gasteiger partial charge in [-0.2, -0.15) is 0 Å². The maximum atomic E-state index is 9.80. The van der Waals surface area contributed by atoms with Gasteiger partial charge in [0.2, 0.25) is 0 Å². The normalized spacial score (nSPS) is 17.6. The molecule has 7 nitrogen and oxygen atoms in total. The molecule has 1 atom stereocenters. The number of pyridine rings is 1. The van der Waals surface area contributed by atoms with Crippen LogP contribution in [0.3, 0.4) is 0 Å². The largest absolute Gasteiger partial charge is 0.394 e. The number of imidazole rings is 1. The van der Waals surface area contributed by atoms with Crippen LogP contribution in [-0.2, 0) is 12.0 Å². The Morgan fingerprint density at radius 3 is 2.79 bits per heavy atom. The number of anilines is 1. The Labute approximate surface area is 169 Å². The molecular formula is C20H25ClN6O. The summed E-state index contributed by atoms with van der Waals surface area (Å²) in [6, 6.07) is 3.72. The van der Waals surface area contributed by atoms with E-state index >= 15 is 0 Å². The van der Waals surface area contributed by atoms with Gasteiger partial charge in [-0.25, -0.2) is 15.0 Å². The number of rotatable bonds is 4. The van der Waals surface area contributed by atoms with Gasteiger partial charge in [-0.05, 0) is 25.0 Å². The summed E-state index contributed by atoms with van der Waals surface area (Å²) in [6.45, 7) is 7.76. The van der Waals surface area contributed by atoms with E-state index in [1.54, 1.807) is 12.5 Å². The molecule has 1 aliphatic rings. The van der Waals surface area contributed by atoms with E-state index in [0.29, 0.717) is 11.6 Å². The predicted molar refractivity (Wildman–Crippen MR) is 110 cm³/mol. The second-order valence-electron chi connectivity index (χ2n) is 8.27. The van der Waals surface area contributed by atoms with Gasteiger partial charge < -0.3 is 14.6 Å². The van der Waals surface area contributed by atoms with Gasteiger partial charge in [0, 0.05) is 18.2 Å². The molecule has 0 amide bonds. The zero-order valence-electron chi connectivity index (χ0n) is 16.4. The van der Waals surface area contributed by atoms with E-state index in [2.05, 4.69) is 35.6 Å². The van der Waals surface area contributed by atoms with Gasteiger partial charge in [-0.15, -0.1) is 0 Å². The number of aliphatic hydroxyl groups excluding tert-OH is 1. The van der Waals surface area contributed by atoms with Crippen molar-refractivity contribution in [2.75, 3.05) is 18.1 Å². The number of nitrogens with zero attached hydrogens (tertiary/aromatic N) is 6. The fourth-order valence-electron chi connectivity index (χ4n) is 3.58. The number of hydrogen-bond donors (Lipinski definition) is 1. The average molecular weight is 401 g/mol.